The fourth-order valence-electron chi connectivity index (χ4n) is 3.98. The maximum Gasteiger partial charge on any atom is 0.203 e. The van der Waals surface area contributed by atoms with Gasteiger partial charge in [0.1, 0.15) is 0 Å². The zero-order valence-electron chi connectivity index (χ0n) is 17.8. The topological polar surface area (TPSA) is 51.2 Å². The third kappa shape index (κ3) is 5.64. The standard InChI is InChI=1S/C24H33NO4/c1-4-12-29-24-22(27-2)14-19(15-23(24)28-3)13-20-17-25(11-10-21(20)26)16-18-8-6-5-7-9-18/h5-9,14-15,20-21,26H,4,10-13,16-17H2,1-3H3. The lowest BCUT2D eigenvalue weighted by Crippen LogP contribution is -2.43. The van der Waals surface area contributed by atoms with Crippen molar-refractivity contribution in [3.05, 3.63) is 53.6 Å². The van der Waals surface area contributed by atoms with E-state index in [1.807, 2.05) is 18.2 Å². The van der Waals surface area contributed by atoms with Gasteiger partial charge in [0.2, 0.25) is 5.75 Å². The van der Waals surface area contributed by atoms with Gasteiger partial charge in [-0.05, 0) is 42.5 Å². The van der Waals surface area contributed by atoms with E-state index in [4.69, 9.17) is 14.2 Å². The van der Waals surface area contributed by atoms with E-state index in [9.17, 15) is 5.11 Å². The van der Waals surface area contributed by atoms with Gasteiger partial charge in [-0.3, -0.25) is 4.90 Å². The van der Waals surface area contributed by atoms with Gasteiger partial charge in [-0.25, -0.2) is 0 Å². The molecule has 1 heterocycles. The molecular formula is C24H33NO4. The van der Waals surface area contributed by atoms with Gasteiger partial charge in [-0.15, -0.1) is 0 Å². The van der Waals surface area contributed by atoms with Crippen LogP contribution in [0.15, 0.2) is 42.5 Å². The van der Waals surface area contributed by atoms with Crippen molar-refractivity contribution in [1.29, 1.82) is 0 Å². The van der Waals surface area contributed by atoms with Crippen molar-refractivity contribution < 1.29 is 19.3 Å². The molecule has 1 saturated heterocycles. The smallest absolute Gasteiger partial charge is 0.203 e. The number of hydrogen-bond acceptors (Lipinski definition) is 5. The lowest BCUT2D eigenvalue weighted by atomic mass is 9.88. The average Bonchev–Trinajstić information content (AvgIpc) is 2.75. The highest BCUT2D eigenvalue weighted by molar-refractivity contribution is 5.54. The van der Waals surface area contributed by atoms with Crippen LogP contribution < -0.4 is 14.2 Å². The molecule has 1 aliphatic rings. The Kier molecular flexibility index (Phi) is 7.78. The Morgan fingerprint density at radius 2 is 1.72 bits per heavy atom. The maximum atomic E-state index is 10.6. The summed E-state index contributed by atoms with van der Waals surface area (Å²) in [4.78, 5) is 2.43. The molecule has 1 fully saturated rings. The molecular weight excluding hydrogens is 366 g/mol. The molecule has 2 aromatic rings. The highest BCUT2D eigenvalue weighted by Crippen LogP contribution is 2.39. The predicted molar refractivity (Wildman–Crippen MR) is 115 cm³/mol. The summed E-state index contributed by atoms with van der Waals surface area (Å²) in [7, 11) is 3.29. The average molecular weight is 400 g/mol. The summed E-state index contributed by atoms with van der Waals surface area (Å²) in [5.41, 5.74) is 2.40. The summed E-state index contributed by atoms with van der Waals surface area (Å²) in [5, 5.41) is 10.6. The molecule has 29 heavy (non-hydrogen) atoms. The molecule has 2 unspecified atom stereocenters. The van der Waals surface area contributed by atoms with Gasteiger partial charge in [-0.2, -0.15) is 0 Å². The van der Waals surface area contributed by atoms with Gasteiger partial charge in [0.25, 0.3) is 0 Å². The molecule has 0 spiro atoms. The second-order valence-electron chi connectivity index (χ2n) is 7.72. The number of aliphatic hydroxyl groups excluding tert-OH is 1. The van der Waals surface area contributed by atoms with E-state index in [0.717, 1.165) is 44.5 Å². The molecule has 0 aliphatic carbocycles. The highest BCUT2D eigenvalue weighted by atomic mass is 16.5. The van der Waals surface area contributed by atoms with Crippen LogP contribution in [0.1, 0.15) is 30.9 Å². The summed E-state index contributed by atoms with van der Waals surface area (Å²) in [6.07, 6.45) is 2.19. The van der Waals surface area contributed by atoms with Crippen molar-refractivity contribution in [2.45, 2.75) is 38.8 Å². The number of piperidine rings is 1. The molecule has 0 saturated carbocycles. The molecule has 1 aliphatic heterocycles. The molecule has 0 radical (unpaired) electrons. The zero-order valence-corrected chi connectivity index (χ0v) is 17.8. The number of methoxy groups -OCH3 is 2. The number of hydrogen-bond donors (Lipinski definition) is 1. The monoisotopic (exact) mass is 399 g/mol. The van der Waals surface area contributed by atoms with E-state index in [0.29, 0.717) is 23.9 Å². The number of likely N-dealkylation sites (tertiary alicyclic amines) is 1. The van der Waals surface area contributed by atoms with Gasteiger partial charge in [0, 0.05) is 25.6 Å². The van der Waals surface area contributed by atoms with Crippen LogP contribution in [0.2, 0.25) is 0 Å². The van der Waals surface area contributed by atoms with Gasteiger partial charge >= 0.3 is 0 Å². The minimum Gasteiger partial charge on any atom is -0.493 e. The van der Waals surface area contributed by atoms with Crippen LogP contribution in [0.25, 0.3) is 0 Å². The summed E-state index contributed by atoms with van der Waals surface area (Å²) < 4.78 is 17.0. The van der Waals surface area contributed by atoms with Crippen LogP contribution in [-0.4, -0.2) is 50.0 Å². The molecule has 158 valence electrons. The Hall–Kier alpha value is -2.24. The number of nitrogens with zero attached hydrogens (tertiary/aromatic N) is 1. The first-order chi connectivity index (χ1) is 14.1. The number of benzene rings is 2. The molecule has 2 atom stereocenters. The summed E-state index contributed by atoms with van der Waals surface area (Å²) in [6, 6.07) is 14.5. The van der Waals surface area contributed by atoms with Crippen molar-refractivity contribution in [2.24, 2.45) is 5.92 Å². The summed E-state index contributed by atoms with van der Waals surface area (Å²) in [5.74, 6) is 2.18. The Bertz CT molecular complexity index is 740. The van der Waals surface area contributed by atoms with Crippen molar-refractivity contribution in [3.63, 3.8) is 0 Å². The van der Waals surface area contributed by atoms with Crippen LogP contribution in [0.4, 0.5) is 0 Å². The van der Waals surface area contributed by atoms with Gasteiger partial charge in [0.15, 0.2) is 11.5 Å². The predicted octanol–water partition coefficient (Wildman–Crippen LogP) is 3.92. The number of rotatable bonds is 9. The Morgan fingerprint density at radius 3 is 2.34 bits per heavy atom. The van der Waals surface area contributed by atoms with E-state index >= 15 is 0 Å². The highest BCUT2D eigenvalue weighted by Gasteiger charge is 2.28. The quantitative estimate of drug-likeness (QED) is 0.693. The van der Waals surface area contributed by atoms with Crippen molar-refractivity contribution >= 4 is 0 Å². The van der Waals surface area contributed by atoms with Gasteiger partial charge < -0.3 is 19.3 Å². The van der Waals surface area contributed by atoms with Gasteiger partial charge in [-0.1, -0.05) is 37.3 Å². The molecule has 0 aromatic heterocycles. The summed E-state index contributed by atoms with van der Waals surface area (Å²) in [6.45, 7) is 5.39. The molecule has 0 amide bonds. The molecule has 5 nitrogen and oxygen atoms in total. The van der Waals surface area contributed by atoms with E-state index in [1.165, 1.54) is 5.56 Å². The van der Waals surface area contributed by atoms with Crippen LogP contribution in [-0.2, 0) is 13.0 Å². The summed E-state index contributed by atoms with van der Waals surface area (Å²) >= 11 is 0. The van der Waals surface area contributed by atoms with Crippen molar-refractivity contribution in [1.82, 2.24) is 4.90 Å². The lowest BCUT2D eigenvalue weighted by Gasteiger charge is -2.36. The second-order valence-corrected chi connectivity index (χ2v) is 7.72. The van der Waals surface area contributed by atoms with Crippen LogP contribution in [0.5, 0.6) is 17.2 Å². The van der Waals surface area contributed by atoms with Crippen LogP contribution in [0, 0.1) is 5.92 Å². The molecule has 2 aromatic carbocycles. The third-order valence-corrected chi connectivity index (χ3v) is 5.50. The van der Waals surface area contributed by atoms with E-state index < -0.39 is 0 Å². The molecule has 1 N–H and O–H groups in total. The maximum absolute atomic E-state index is 10.6. The first-order valence-electron chi connectivity index (χ1n) is 10.5. The van der Waals surface area contributed by atoms with E-state index in [2.05, 4.69) is 36.1 Å². The fraction of sp³-hybridized carbons (Fsp3) is 0.500. The number of ether oxygens (including phenoxy) is 3. The molecule has 0 bridgehead atoms. The minimum absolute atomic E-state index is 0.171. The Labute approximate surface area is 174 Å². The largest absolute Gasteiger partial charge is 0.493 e. The normalized spacial score (nSPS) is 19.7. The molecule has 5 heteroatoms. The van der Waals surface area contributed by atoms with E-state index in [1.54, 1.807) is 14.2 Å². The zero-order chi connectivity index (χ0) is 20.6. The van der Waals surface area contributed by atoms with Crippen LogP contribution in [0.3, 0.4) is 0 Å². The fourth-order valence-corrected chi connectivity index (χ4v) is 3.98. The van der Waals surface area contributed by atoms with Crippen molar-refractivity contribution in [3.8, 4) is 17.2 Å². The van der Waals surface area contributed by atoms with Gasteiger partial charge in [0.05, 0.1) is 26.9 Å². The third-order valence-electron chi connectivity index (χ3n) is 5.50. The second kappa shape index (κ2) is 10.5. The number of aliphatic hydroxyl groups is 1. The van der Waals surface area contributed by atoms with Crippen LogP contribution >= 0.6 is 0 Å². The first kappa shape index (κ1) is 21.5. The van der Waals surface area contributed by atoms with Crippen molar-refractivity contribution in [2.75, 3.05) is 33.9 Å². The minimum atomic E-state index is -0.296. The van der Waals surface area contributed by atoms with E-state index in [-0.39, 0.29) is 12.0 Å². The Balaban J connectivity index is 1.73. The first-order valence-corrected chi connectivity index (χ1v) is 10.5. The lowest BCUT2D eigenvalue weighted by molar-refractivity contribution is 0.0239. The Morgan fingerprint density at radius 1 is 1.03 bits per heavy atom. The molecule has 3 rings (SSSR count). The SMILES string of the molecule is CCCOc1c(OC)cc(CC2CN(Cc3ccccc3)CCC2O)cc1OC.